The third-order valence-electron chi connectivity index (χ3n) is 1.10. The van der Waals surface area contributed by atoms with Crippen LogP contribution in [0.5, 0.6) is 0 Å². The second-order valence-corrected chi connectivity index (χ2v) is 2.19. The smallest absolute Gasteiger partial charge is 0.325 e. The van der Waals surface area contributed by atoms with Crippen molar-refractivity contribution in [2.75, 3.05) is 20.1 Å². The van der Waals surface area contributed by atoms with Gasteiger partial charge in [0.25, 0.3) is 0 Å². The molecule has 1 saturated heterocycles. The van der Waals surface area contributed by atoms with Gasteiger partial charge in [0, 0.05) is 0 Å². The van der Waals surface area contributed by atoms with E-state index in [1.54, 1.807) is 0 Å². The van der Waals surface area contributed by atoms with Crippen molar-refractivity contribution < 1.29 is 9.53 Å². The van der Waals surface area contributed by atoms with E-state index in [0.29, 0.717) is 18.8 Å². The maximum absolute atomic E-state index is 10.6. The van der Waals surface area contributed by atoms with E-state index in [4.69, 9.17) is 0 Å². The number of hydrogen-bond donors (Lipinski definition) is 0. The van der Waals surface area contributed by atoms with Crippen LogP contribution in [-0.2, 0) is 9.53 Å². The highest BCUT2D eigenvalue weighted by Crippen LogP contribution is 2.03. The highest BCUT2D eigenvalue weighted by Gasteiger charge is 2.16. The predicted molar refractivity (Wildman–Crippen MR) is 32.7 cm³/mol. The van der Waals surface area contributed by atoms with Gasteiger partial charge >= 0.3 is 5.97 Å². The Kier molecular flexibility index (Phi) is 1.53. The first-order valence-electron chi connectivity index (χ1n) is 2.75. The van der Waals surface area contributed by atoms with Gasteiger partial charge in [-0.1, -0.05) is 6.58 Å². The highest BCUT2D eigenvalue weighted by atomic mass is 16.5. The van der Waals surface area contributed by atoms with Crippen LogP contribution in [0.3, 0.4) is 0 Å². The Morgan fingerprint density at radius 3 is 2.78 bits per heavy atom. The number of likely N-dealkylation sites (N-methyl/N-ethyl adjacent to an activating group) is 1. The molecule has 50 valence electrons. The fourth-order valence-electron chi connectivity index (χ4n) is 0.803. The van der Waals surface area contributed by atoms with Crippen molar-refractivity contribution in [3.8, 4) is 0 Å². The zero-order chi connectivity index (χ0) is 6.85. The van der Waals surface area contributed by atoms with Crippen molar-refractivity contribution in [1.29, 1.82) is 0 Å². The topological polar surface area (TPSA) is 29.5 Å². The second kappa shape index (κ2) is 2.19. The van der Waals surface area contributed by atoms with Crippen LogP contribution in [0.4, 0.5) is 0 Å². The monoisotopic (exact) mass is 127 g/mol. The van der Waals surface area contributed by atoms with Crippen molar-refractivity contribution in [1.82, 2.24) is 4.90 Å². The standard InChI is InChI=1S/C6H9NO2/c1-5-3-7(2)4-6(8)9-5/h1,3-4H2,2H3. The Balaban J connectivity index is 2.53. The van der Waals surface area contributed by atoms with Gasteiger partial charge in [0.2, 0.25) is 0 Å². The van der Waals surface area contributed by atoms with Gasteiger partial charge < -0.3 is 4.74 Å². The number of nitrogens with zero attached hydrogens (tertiary/aromatic N) is 1. The second-order valence-electron chi connectivity index (χ2n) is 2.19. The van der Waals surface area contributed by atoms with Crippen molar-refractivity contribution in [2.24, 2.45) is 0 Å². The molecule has 0 atom stereocenters. The van der Waals surface area contributed by atoms with Crippen LogP contribution in [0.15, 0.2) is 12.3 Å². The minimum atomic E-state index is -0.214. The number of morpholine rings is 1. The lowest BCUT2D eigenvalue weighted by Crippen LogP contribution is -2.35. The minimum Gasteiger partial charge on any atom is -0.429 e. The van der Waals surface area contributed by atoms with E-state index in [0.717, 1.165) is 0 Å². The first-order chi connectivity index (χ1) is 4.18. The average Bonchev–Trinajstić information content (AvgIpc) is 1.59. The van der Waals surface area contributed by atoms with Crippen LogP contribution in [0.2, 0.25) is 0 Å². The highest BCUT2D eigenvalue weighted by molar-refractivity contribution is 5.73. The number of hydrogen-bond acceptors (Lipinski definition) is 3. The van der Waals surface area contributed by atoms with Crippen LogP contribution in [0, 0.1) is 0 Å². The molecule has 1 aliphatic heterocycles. The summed E-state index contributed by atoms with van der Waals surface area (Å²) in [5.74, 6) is 0.322. The van der Waals surface area contributed by atoms with Gasteiger partial charge in [-0.15, -0.1) is 0 Å². The summed E-state index contributed by atoms with van der Waals surface area (Å²) in [6.45, 7) is 4.56. The normalized spacial score (nSPS) is 21.9. The fraction of sp³-hybridized carbons (Fsp3) is 0.500. The van der Waals surface area contributed by atoms with Gasteiger partial charge in [-0.3, -0.25) is 9.69 Å². The number of carbonyl (C=O) groups excluding carboxylic acids is 1. The van der Waals surface area contributed by atoms with E-state index in [1.165, 1.54) is 0 Å². The average molecular weight is 127 g/mol. The van der Waals surface area contributed by atoms with Gasteiger partial charge in [-0.25, -0.2) is 0 Å². The Bertz CT molecular complexity index is 137. The summed E-state index contributed by atoms with van der Waals surface area (Å²) >= 11 is 0. The number of esters is 1. The van der Waals surface area contributed by atoms with Crippen molar-refractivity contribution in [3.63, 3.8) is 0 Å². The maximum Gasteiger partial charge on any atom is 0.325 e. The van der Waals surface area contributed by atoms with E-state index < -0.39 is 0 Å². The summed E-state index contributed by atoms with van der Waals surface area (Å²) in [5, 5.41) is 0. The van der Waals surface area contributed by atoms with E-state index >= 15 is 0 Å². The van der Waals surface area contributed by atoms with Crippen LogP contribution in [0.1, 0.15) is 0 Å². The van der Waals surface area contributed by atoms with E-state index in [9.17, 15) is 4.79 Å². The third kappa shape index (κ3) is 1.54. The van der Waals surface area contributed by atoms with Crippen molar-refractivity contribution in [3.05, 3.63) is 12.3 Å². The molecule has 1 heterocycles. The van der Waals surface area contributed by atoms with Gasteiger partial charge in [0.1, 0.15) is 5.76 Å². The number of rotatable bonds is 0. The summed E-state index contributed by atoms with van der Waals surface area (Å²) in [6.07, 6.45) is 0. The molecule has 0 N–H and O–H groups in total. The molecule has 1 rings (SSSR count). The Morgan fingerprint density at radius 2 is 2.33 bits per heavy atom. The summed E-state index contributed by atoms with van der Waals surface area (Å²) in [6, 6.07) is 0. The van der Waals surface area contributed by atoms with Crippen molar-refractivity contribution in [2.45, 2.75) is 0 Å². The number of cyclic esters (lactones) is 1. The lowest BCUT2D eigenvalue weighted by molar-refractivity contribution is -0.143. The lowest BCUT2D eigenvalue weighted by Gasteiger charge is -2.22. The molecule has 1 aliphatic rings. The Hall–Kier alpha value is -0.830. The summed E-state index contributed by atoms with van der Waals surface area (Å²) < 4.78 is 4.68. The molecular formula is C6H9NO2. The molecule has 0 bridgehead atoms. The van der Waals surface area contributed by atoms with Gasteiger partial charge in [-0.2, -0.15) is 0 Å². The van der Waals surface area contributed by atoms with Crippen molar-refractivity contribution >= 4 is 5.97 Å². The molecular weight excluding hydrogens is 118 g/mol. The van der Waals surface area contributed by atoms with E-state index in [2.05, 4.69) is 11.3 Å². The van der Waals surface area contributed by atoms with Gasteiger partial charge in [0.05, 0.1) is 13.1 Å². The SMILES string of the molecule is C=C1CN(C)CC(=O)O1. The quantitative estimate of drug-likeness (QED) is 0.428. The molecule has 3 nitrogen and oxygen atoms in total. The molecule has 9 heavy (non-hydrogen) atoms. The number of ether oxygens (including phenoxy) is 1. The van der Waals surface area contributed by atoms with Crippen LogP contribution < -0.4 is 0 Å². The summed E-state index contributed by atoms with van der Waals surface area (Å²) in [4.78, 5) is 12.4. The van der Waals surface area contributed by atoms with Crippen LogP contribution >= 0.6 is 0 Å². The van der Waals surface area contributed by atoms with Crippen LogP contribution in [0.25, 0.3) is 0 Å². The maximum atomic E-state index is 10.6. The number of carbonyl (C=O) groups is 1. The molecule has 0 saturated carbocycles. The minimum absolute atomic E-state index is 0.214. The zero-order valence-electron chi connectivity index (χ0n) is 5.39. The Morgan fingerprint density at radius 1 is 1.67 bits per heavy atom. The molecule has 0 aromatic carbocycles. The Labute approximate surface area is 53.9 Å². The largest absolute Gasteiger partial charge is 0.429 e. The molecule has 0 aromatic heterocycles. The molecule has 0 amide bonds. The lowest BCUT2D eigenvalue weighted by atomic mass is 10.4. The van der Waals surface area contributed by atoms with E-state index in [-0.39, 0.29) is 5.97 Å². The summed E-state index contributed by atoms with van der Waals surface area (Å²) in [5.41, 5.74) is 0. The molecule has 0 radical (unpaired) electrons. The molecule has 0 aromatic rings. The first-order valence-corrected chi connectivity index (χ1v) is 2.75. The van der Waals surface area contributed by atoms with Gasteiger partial charge in [0.15, 0.2) is 0 Å². The van der Waals surface area contributed by atoms with E-state index in [1.807, 2.05) is 11.9 Å². The fourth-order valence-corrected chi connectivity index (χ4v) is 0.803. The molecule has 0 aliphatic carbocycles. The van der Waals surface area contributed by atoms with Crippen LogP contribution in [-0.4, -0.2) is 31.0 Å². The molecule has 3 heteroatoms. The molecule has 0 spiro atoms. The summed E-state index contributed by atoms with van der Waals surface area (Å²) in [7, 11) is 1.85. The first kappa shape index (κ1) is 6.29. The third-order valence-corrected chi connectivity index (χ3v) is 1.10. The molecule has 1 fully saturated rings. The zero-order valence-corrected chi connectivity index (χ0v) is 5.39. The molecule has 0 unspecified atom stereocenters. The van der Waals surface area contributed by atoms with Gasteiger partial charge in [-0.05, 0) is 7.05 Å². The predicted octanol–water partition coefficient (Wildman–Crippen LogP) is -0.0113.